The van der Waals surface area contributed by atoms with Crippen LogP contribution in [-0.2, 0) is 0 Å². The normalized spacial score (nSPS) is 18.8. The topological polar surface area (TPSA) is 96.9 Å². The average Bonchev–Trinajstić information content (AvgIpc) is 2.41. The average molecular weight is 251 g/mol. The molecule has 0 aliphatic carbocycles. The van der Waals surface area contributed by atoms with Crippen molar-refractivity contribution >= 4 is 5.84 Å². The van der Waals surface area contributed by atoms with Crippen LogP contribution in [0, 0.1) is 0 Å². The molecule has 0 radical (unpaired) electrons. The number of rotatable bonds is 3. The Bertz CT molecular complexity index is 429. The largest absolute Gasteiger partial charge is 0.460 e. The Morgan fingerprint density at radius 2 is 2.28 bits per heavy atom. The molecule has 0 spiro atoms. The minimum Gasteiger partial charge on any atom is -0.460 e. The Kier molecular flexibility index (Phi) is 3.93. The third-order valence-corrected chi connectivity index (χ3v) is 2.94. The van der Waals surface area contributed by atoms with E-state index in [2.05, 4.69) is 27.1 Å². The molecule has 18 heavy (non-hydrogen) atoms. The van der Waals surface area contributed by atoms with Crippen LogP contribution in [0.5, 0.6) is 6.01 Å². The monoisotopic (exact) mass is 251 g/mol. The van der Waals surface area contributed by atoms with Gasteiger partial charge in [0, 0.05) is 19.3 Å². The minimum absolute atomic E-state index is 0.0503. The summed E-state index contributed by atoms with van der Waals surface area (Å²) < 4.78 is 5.70. The van der Waals surface area contributed by atoms with Crippen molar-refractivity contribution < 1.29 is 9.94 Å². The second-order valence-corrected chi connectivity index (χ2v) is 4.33. The van der Waals surface area contributed by atoms with Crippen molar-refractivity contribution in [3.05, 3.63) is 18.0 Å². The van der Waals surface area contributed by atoms with E-state index in [-0.39, 0.29) is 18.0 Å². The molecule has 0 bridgehead atoms. The zero-order valence-corrected chi connectivity index (χ0v) is 10.3. The molecular weight excluding hydrogens is 234 g/mol. The lowest BCUT2D eigenvalue weighted by Crippen LogP contribution is -2.36. The number of nitrogens with two attached hydrogens (primary N) is 1. The fourth-order valence-electron chi connectivity index (χ4n) is 1.84. The van der Waals surface area contributed by atoms with Crippen LogP contribution in [-0.4, -0.2) is 52.2 Å². The minimum atomic E-state index is -0.0503. The molecule has 3 N–H and O–H groups in total. The lowest BCUT2D eigenvalue weighted by Gasteiger charge is -2.28. The van der Waals surface area contributed by atoms with E-state index in [9.17, 15) is 0 Å². The summed E-state index contributed by atoms with van der Waals surface area (Å²) in [6, 6.07) is 1.84. The quantitative estimate of drug-likeness (QED) is 0.341. The molecule has 1 aromatic rings. The van der Waals surface area contributed by atoms with Crippen LogP contribution in [0.25, 0.3) is 0 Å². The molecule has 1 saturated heterocycles. The number of aromatic nitrogens is 2. The SMILES string of the molecule is CN1CCC(Oc2nccc(/C(N)=N/O)n2)CC1. The molecule has 0 saturated carbocycles. The highest BCUT2D eigenvalue weighted by Gasteiger charge is 2.19. The van der Waals surface area contributed by atoms with Gasteiger partial charge in [-0.05, 0) is 26.0 Å². The summed E-state index contributed by atoms with van der Waals surface area (Å²) >= 11 is 0. The lowest BCUT2D eigenvalue weighted by molar-refractivity contribution is 0.105. The molecule has 1 aliphatic heterocycles. The van der Waals surface area contributed by atoms with Gasteiger partial charge < -0.3 is 20.6 Å². The van der Waals surface area contributed by atoms with Gasteiger partial charge in [0.15, 0.2) is 5.84 Å². The Morgan fingerprint density at radius 1 is 1.56 bits per heavy atom. The molecule has 1 aliphatic rings. The van der Waals surface area contributed by atoms with E-state index in [0.717, 1.165) is 25.9 Å². The molecule has 2 heterocycles. The molecular formula is C11H17N5O2. The fourth-order valence-corrected chi connectivity index (χ4v) is 1.84. The number of amidine groups is 1. The predicted octanol–water partition coefficient (Wildman–Crippen LogP) is 0.0441. The van der Waals surface area contributed by atoms with Gasteiger partial charge in [-0.1, -0.05) is 5.16 Å². The van der Waals surface area contributed by atoms with Gasteiger partial charge in [0.1, 0.15) is 11.8 Å². The summed E-state index contributed by atoms with van der Waals surface area (Å²) in [5.41, 5.74) is 5.82. The highest BCUT2D eigenvalue weighted by atomic mass is 16.5. The van der Waals surface area contributed by atoms with Crippen molar-refractivity contribution in [2.45, 2.75) is 18.9 Å². The van der Waals surface area contributed by atoms with Gasteiger partial charge in [0.05, 0.1) is 0 Å². The maximum atomic E-state index is 8.59. The molecule has 0 amide bonds. The number of nitrogens with zero attached hydrogens (tertiary/aromatic N) is 4. The van der Waals surface area contributed by atoms with Crippen LogP contribution in [0.3, 0.4) is 0 Å². The Labute approximate surface area is 105 Å². The molecule has 2 rings (SSSR count). The summed E-state index contributed by atoms with van der Waals surface area (Å²) in [4.78, 5) is 10.4. The number of ether oxygens (including phenoxy) is 1. The van der Waals surface area contributed by atoms with Gasteiger partial charge in [-0.25, -0.2) is 4.98 Å². The molecule has 1 aromatic heterocycles. The van der Waals surface area contributed by atoms with Crippen molar-refractivity contribution in [3.8, 4) is 6.01 Å². The summed E-state index contributed by atoms with van der Waals surface area (Å²) in [5.74, 6) is -0.0503. The zero-order chi connectivity index (χ0) is 13.0. The standard InChI is InChI=1S/C11H17N5O2/c1-16-6-3-8(4-7-16)18-11-13-5-2-9(14-11)10(12)15-17/h2,5,8,17H,3-4,6-7H2,1H3,(H2,12,15). The highest BCUT2D eigenvalue weighted by Crippen LogP contribution is 2.14. The number of hydrogen-bond acceptors (Lipinski definition) is 6. The number of likely N-dealkylation sites (tertiary alicyclic amines) is 1. The first kappa shape index (κ1) is 12.6. The van der Waals surface area contributed by atoms with Crippen molar-refractivity contribution in [1.82, 2.24) is 14.9 Å². The smallest absolute Gasteiger partial charge is 0.317 e. The fraction of sp³-hybridized carbons (Fsp3) is 0.545. The summed E-state index contributed by atoms with van der Waals surface area (Å²) in [5, 5.41) is 11.5. The van der Waals surface area contributed by atoms with Gasteiger partial charge in [0.25, 0.3) is 0 Å². The van der Waals surface area contributed by atoms with Crippen LogP contribution < -0.4 is 10.5 Å². The number of piperidine rings is 1. The summed E-state index contributed by atoms with van der Waals surface area (Å²) in [6.45, 7) is 2.01. The van der Waals surface area contributed by atoms with Crippen molar-refractivity contribution in [3.63, 3.8) is 0 Å². The molecule has 0 aromatic carbocycles. The van der Waals surface area contributed by atoms with Crippen molar-refractivity contribution in [1.29, 1.82) is 0 Å². The predicted molar refractivity (Wildman–Crippen MR) is 65.7 cm³/mol. The Hall–Kier alpha value is -1.89. The van der Waals surface area contributed by atoms with Crippen LogP contribution in [0.2, 0.25) is 0 Å². The first-order valence-electron chi connectivity index (χ1n) is 5.85. The van der Waals surface area contributed by atoms with Crippen LogP contribution in [0.1, 0.15) is 18.5 Å². The van der Waals surface area contributed by atoms with Crippen LogP contribution in [0.4, 0.5) is 0 Å². The lowest BCUT2D eigenvalue weighted by atomic mass is 10.1. The molecule has 0 unspecified atom stereocenters. The first-order chi connectivity index (χ1) is 8.69. The Morgan fingerprint density at radius 3 is 2.94 bits per heavy atom. The van der Waals surface area contributed by atoms with E-state index in [1.807, 2.05) is 0 Å². The van der Waals surface area contributed by atoms with Gasteiger partial charge in [-0.3, -0.25) is 0 Å². The van der Waals surface area contributed by atoms with E-state index < -0.39 is 0 Å². The second kappa shape index (κ2) is 5.63. The van der Waals surface area contributed by atoms with Gasteiger partial charge >= 0.3 is 6.01 Å². The van der Waals surface area contributed by atoms with Gasteiger partial charge in [-0.2, -0.15) is 4.98 Å². The highest BCUT2D eigenvalue weighted by molar-refractivity contribution is 5.95. The van der Waals surface area contributed by atoms with Crippen molar-refractivity contribution in [2.24, 2.45) is 10.9 Å². The molecule has 98 valence electrons. The summed E-state index contributed by atoms with van der Waals surface area (Å²) in [7, 11) is 2.09. The van der Waals surface area contributed by atoms with Crippen LogP contribution in [0.15, 0.2) is 17.4 Å². The maximum absolute atomic E-state index is 8.59. The maximum Gasteiger partial charge on any atom is 0.317 e. The third kappa shape index (κ3) is 3.07. The number of hydrogen-bond donors (Lipinski definition) is 2. The molecule has 7 nitrogen and oxygen atoms in total. The number of oxime groups is 1. The van der Waals surface area contributed by atoms with E-state index >= 15 is 0 Å². The van der Waals surface area contributed by atoms with E-state index in [0.29, 0.717) is 5.69 Å². The zero-order valence-electron chi connectivity index (χ0n) is 10.3. The van der Waals surface area contributed by atoms with E-state index in [1.54, 1.807) is 6.07 Å². The first-order valence-corrected chi connectivity index (χ1v) is 5.85. The van der Waals surface area contributed by atoms with E-state index in [4.69, 9.17) is 15.7 Å². The van der Waals surface area contributed by atoms with Crippen molar-refractivity contribution in [2.75, 3.05) is 20.1 Å². The molecule has 0 atom stereocenters. The second-order valence-electron chi connectivity index (χ2n) is 4.33. The molecule has 1 fully saturated rings. The molecule has 7 heteroatoms. The summed E-state index contributed by atoms with van der Waals surface area (Å²) in [6.07, 6.45) is 3.56. The van der Waals surface area contributed by atoms with Crippen LogP contribution >= 0.6 is 0 Å². The Balaban J connectivity index is 2.01. The van der Waals surface area contributed by atoms with Gasteiger partial charge in [0.2, 0.25) is 0 Å². The van der Waals surface area contributed by atoms with E-state index in [1.165, 1.54) is 6.20 Å². The third-order valence-electron chi connectivity index (χ3n) is 2.94. The van der Waals surface area contributed by atoms with Gasteiger partial charge in [-0.15, -0.1) is 0 Å².